The summed E-state index contributed by atoms with van der Waals surface area (Å²) in [4.78, 5) is 0. The summed E-state index contributed by atoms with van der Waals surface area (Å²) in [5.74, 6) is 0.940. The Morgan fingerprint density at radius 3 is 2.21 bits per heavy atom. The lowest BCUT2D eigenvalue weighted by atomic mass is 10.2. The van der Waals surface area contributed by atoms with Crippen molar-refractivity contribution in [3.05, 3.63) is 29.8 Å². The topological polar surface area (TPSA) is 21.3 Å². The highest BCUT2D eigenvalue weighted by atomic mass is 35.5. The summed E-state index contributed by atoms with van der Waals surface area (Å²) < 4.78 is 5.53. The second-order valence-electron chi connectivity index (χ2n) is 3.34. The molecule has 0 unspecified atom stereocenters. The molecular formula is C11H18ClNO. The van der Waals surface area contributed by atoms with Crippen LogP contribution in [-0.2, 0) is 6.54 Å². The molecular weight excluding hydrogens is 198 g/mol. The first kappa shape index (κ1) is 13.3. The van der Waals surface area contributed by atoms with Crippen molar-refractivity contribution in [3.8, 4) is 5.75 Å². The van der Waals surface area contributed by atoms with Crippen LogP contribution < -0.4 is 10.1 Å². The van der Waals surface area contributed by atoms with Crippen molar-refractivity contribution in [2.45, 2.75) is 26.5 Å². The van der Waals surface area contributed by atoms with Gasteiger partial charge in [0.2, 0.25) is 0 Å². The maximum absolute atomic E-state index is 5.53. The zero-order valence-electron chi connectivity index (χ0n) is 8.91. The van der Waals surface area contributed by atoms with Crippen LogP contribution in [0.1, 0.15) is 19.4 Å². The summed E-state index contributed by atoms with van der Waals surface area (Å²) in [5, 5.41) is 3.10. The Balaban J connectivity index is 0.00000169. The molecule has 0 radical (unpaired) electrons. The Kier molecular flexibility index (Phi) is 6.34. The third kappa shape index (κ3) is 4.49. The van der Waals surface area contributed by atoms with Crippen molar-refractivity contribution in [1.82, 2.24) is 5.32 Å². The van der Waals surface area contributed by atoms with Crippen LogP contribution in [0.5, 0.6) is 5.75 Å². The maximum atomic E-state index is 5.53. The highest BCUT2D eigenvalue weighted by Crippen LogP contribution is 2.13. The molecule has 0 aliphatic heterocycles. The van der Waals surface area contributed by atoms with Crippen LogP contribution in [0.3, 0.4) is 0 Å². The summed E-state index contributed by atoms with van der Waals surface area (Å²) in [6.45, 7) is 4.96. The Bertz CT molecular complexity index is 246. The van der Waals surface area contributed by atoms with Crippen molar-refractivity contribution in [2.24, 2.45) is 0 Å². The van der Waals surface area contributed by atoms with E-state index in [0.29, 0.717) is 0 Å². The van der Waals surface area contributed by atoms with Gasteiger partial charge in [0, 0.05) is 6.54 Å². The standard InChI is InChI=1S/C11H17NO.ClH/c1-9(2)13-11-6-4-10(5-7-11)8-12-3;/h4-7,9,12H,8H2,1-3H3;1H. The minimum Gasteiger partial charge on any atom is -0.491 e. The second kappa shape index (κ2) is 6.68. The fourth-order valence-electron chi connectivity index (χ4n) is 1.16. The van der Waals surface area contributed by atoms with E-state index >= 15 is 0 Å². The molecule has 0 saturated heterocycles. The average Bonchev–Trinajstić information content (AvgIpc) is 2.08. The smallest absolute Gasteiger partial charge is 0.119 e. The van der Waals surface area contributed by atoms with E-state index in [1.165, 1.54) is 5.56 Å². The third-order valence-corrected chi connectivity index (χ3v) is 1.68. The van der Waals surface area contributed by atoms with E-state index in [-0.39, 0.29) is 18.5 Å². The van der Waals surface area contributed by atoms with E-state index in [1.54, 1.807) is 0 Å². The maximum Gasteiger partial charge on any atom is 0.119 e. The number of hydrogen-bond acceptors (Lipinski definition) is 2. The number of benzene rings is 1. The molecule has 0 spiro atoms. The van der Waals surface area contributed by atoms with Crippen molar-refractivity contribution in [1.29, 1.82) is 0 Å². The quantitative estimate of drug-likeness (QED) is 0.834. The van der Waals surface area contributed by atoms with Crippen LogP contribution >= 0.6 is 12.4 Å². The van der Waals surface area contributed by atoms with Gasteiger partial charge in [-0.2, -0.15) is 0 Å². The molecule has 1 rings (SSSR count). The Morgan fingerprint density at radius 1 is 1.21 bits per heavy atom. The second-order valence-corrected chi connectivity index (χ2v) is 3.34. The number of nitrogens with one attached hydrogen (secondary N) is 1. The predicted octanol–water partition coefficient (Wildman–Crippen LogP) is 2.62. The van der Waals surface area contributed by atoms with Crippen LogP contribution in [0, 0.1) is 0 Å². The first-order chi connectivity index (χ1) is 6.22. The first-order valence-corrected chi connectivity index (χ1v) is 4.62. The lowest BCUT2D eigenvalue weighted by Crippen LogP contribution is -2.07. The average molecular weight is 216 g/mol. The van der Waals surface area contributed by atoms with E-state index in [1.807, 2.05) is 33.0 Å². The summed E-state index contributed by atoms with van der Waals surface area (Å²) in [7, 11) is 1.94. The molecule has 1 aromatic rings. The van der Waals surface area contributed by atoms with Gasteiger partial charge in [-0.25, -0.2) is 0 Å². The monoisotopic (exact) mass is 215 g/mol. The van der Waals surface area contributed by atoms with E-state index in [2.05, 4.69) is 17.4 Å². The van der Waals surface area contributed by atoms with E-state index < -0.39 is 0 Å². The van der Waals surface area contributed by atoms with Crippen LogP contribution in [0.25, 0.3) is 0 Å². The van der Waals surface area contributed by atoms with Gasteiger partial charge >= 0.3 is 0 Å². The largest absolute Gasteiger partial charge is 0.491 e. The van der Waals surface area contributed by atoms with Gasteiger partial charge < -0.3 is 10.1 Å². The highest BCUT2D eigenvalue weighted by Gasteiger charge is 1.96. The molecule has 0 saturated carbocycles. The number of rotatable bonds is 4. The van der Waals surface area contributed by atoms with E-state index in [9.17, 15) is 0 Å². The third-order valence-electron chi connectivity index (χ3n) is 1.68. The van der Waals surface area contributed by atoms with Crippen molar-refractivity contribution in [3.63, 3.8) is 0 Å². The minimum absolute atomic E-state index is 0. The minimum atomic E-state index is 0. The fraction of sp³-hybridized carbons (Fsp3) is 0.455. The molecule has 14 heavy (non-hydrogen) atoms. The molecule has 0 aliphatic rings. The van der Waals surface area contributed by atoms with E-state index in [4.69, 9.17) is 4.74 Å². The normalized spacial score (nSPS) is 9.71. The molecule has 3 heteroatoms. The van der Waals surface area contributed by atoms with Crippen LogP contribution in [0.2, 0.25) is 0 Å². The number of halogens is 1. The van der Waals surface area contributed by atoms with Gasteiger partial charge in [-0.1, -0.05) is 12.1 Å². The molecule has 0 aliphatic carbocycles. The molecule has 1 N–H and O–H groups in total. The van der Waals surface area contributed by atoms with Gasteiger partial charge in [-0.15, -0.1) is 12.4 Å². The molecule has 0 aromatic heterocycles. The van der Waals surface area contributed by atoms with Gasteiger partial charge in [0.05, 0.1) is 6.10 Å². The molecule has 1 aromatic carbocycles. The highest BCUT2D eigenvalue weighted by molar-refractivity contribution is 5.85. The van der Waals surface area contributed by atoms with Crippen LogP contribution in [0.15, 0.2) is 24.3 Å². The van der Waals surface area contributed by atoms with Crippen molar-refractivity contribution < 1.29 is 4.74 Å². The molecule has 80 valence electrons. The summed E-state index contributed by atoms with van der Waals surface area (Å²) >= 11 is 0. The SMILES string of the molecule is CNCc1ccc(OC(C)C)cc1.Cl. The summed E-state index contributed by atoms with van der Waals surface area (Å²) in [5.41, 5.74) is 1.28. The Labute approximate surface area is 92.1 Å². The number of hydrogen-bond donors (Lipinski definition) is 1. The molecule has 0 fully saturated rings. The Hall–Kier alpha value is -0.730. The molecule has 0 heterocycles. The van der Waals surface area contributed by atoms with Crippen molar-refractivity contribution in [2.75, 3.05) is 7.05 Å². The number of ether oxygens (including phenoxy) is 1. The van der Waals surface area contributed by atoms with Gasteiger partial charge in [-0.05, 0) is 38.6 Å². The zero-order valence-corrected chi connectivity index (χ0v) is 9.73. The molecule has 2 nitrogen and oxygen atoms in total. The van der Waals surface area contributed by atoms with E-state index in [0.717, 1.165) is 12.3 Å². The van der Waals surface area contributed by atoms with Gasteiger partial charge in [0.15, 0.2) is 0 Å². The first-order valence-electron chi connectivity index (χ1n) is 4.62. The summed E-state index contributed by atoms with van der Waals surface area (Å²) in [6, 6.07) is 8.17. The lowest BCUT2D eigenvalue weighted by Gasteiger charge is -2.09. The van der Waals surface area contributed by atoms with Gasteiger partial charge in [0.1, 0.15) is 5.75 Å². The fourth-order valence-corrected chi connectivity index (χ4v) is 1.16. The molecule has 0 atom stereocenters. The van der Waals surface area contributed by atoms with Crippen LogP contribution in [0.4, 0.5) is 0 Å². The predicted molar refractivity (Wildman–Crippen MR) is 62.2 cm³/mol. The van der Waals surface area contributed by atoms with Gasteiger partial charge in [-0.3, -0.25) is 0 Å². The molecule has 0 bridgehead atoms. The Morgan fingerprint density at radius 2 is 1.79 bits per heavy atom. The van der Waals surface area contributed by atoms with Gasteiger partial charge in [0.25, 0.3) is 0 Å². The summed E-state index contributed by atoms with van der Waals surface area (Å²) in [6.07, 6.45) is 0.246. The van der Waals surface area contributed by atoms with Crippen molar-refractivity contribution >= 4 is 12.4 Å². The molecule has 0 amide bonds. The zero-order chi connectivity index (χ0) is 9.68. The van der Waals surface area contributed by atoms with Crippen LogP contribution in [-0.4, -0.2) is 13.2 Å². The lowest BCUT2D eigenvalue weighted by molar-refractivity contribution is 0.242.